The molecule has 8 bridgehead atoms. The van der Waals surface area contributed by atoms with Crippen LogP contribution in [0.1, 0.15) is 79.1 Å². The van der Waals surface area contributed by atoms with Crippen LogP contribution in [-0.2, 0) is 9.59 Å². The van der Waals surface area contributed by atoms with Gasteiger partial charge in [0.1, 0.15) is 0 Å². The second-order valence-corrected chi connectivity index (χ2v) is 14.5. The number of rotatable bonds is 8. The van der Waals surface area contributed by atoms with Gasteiger partial charge < -0.3 is 31.5 Å². The number of carbonyl (C=O) groups is 2. The molecule has 5 saturated heterocycles. The minimum absolute atomic E-state index is 0.0548. The number of hydrogen-bond acceptors (Lipinski definition) is 4. The van der Waals surface area contributed by atoms with Gasteiger partial charge in [-0.3, -0.25) is 9.59 Å². The summed E-state index contributed by atoms with van der Waals surface area (Å²) in [6.07, 6.45) is 9.60. The molecule has 5 aliphatic rings. The number of carboxylic acid groups (broad SMARTS) is 2. The molecule has 0 amide bonds. The molecule has 5 heterocycles. The van der Waals surface area contributed by atoms with E-state index in [2.05, 4.69) is 63.6 Å². The van der Waals surface area contributed by atoms with Gasteiger partial charge in [-0.1, -0.05) is 82.8 Å². The fourth-order valence-corrected chi connectivity index (χ4v) is 9.93. The zero-order chi connectivity index (χ0) is 30.3. The van der Waals surface area contributed by atoms with Crippen molar-refractivity contribution in [2.75, 3.05) is 0 Å². The van der Waals surface area contributed by atoms with Gasteiger partial charge in [0, 0.05) is 37.0 Å². The largest absolute Gasteiger partial charge is 0.656 e. The molecule has 236 valence electrons. The number of fused-ring (bicyclic) bond motifs is 8. The fraction of sp³-hybridized carbons (Fsp3) is 0.824. The first kappa shape index (κ1) is 31.7. The van der Waals surface area contributed by atoms with Crippen LogP contribution >= 0.6 is 0 Å². The van der Waals surface area contributed by atoms with Crippen LogP contribution in [0.25, 0.3) is 10.6 Å². The van der Waals surface area contributed by atoms with Gasteiger partial charge in [0.2, 0.25) is 0 Å². The van der Waals surface area contributed by atoms with Gasteiger partial charge in [-0.15, -0.1) is 37.3 Å². The molecule has 42 heavy (non-hydrogen) atoms. The number of hydrogen-bond donors (Lipinski definition) is 4. The lowest BCUT2D eigenvalue weighted by Gasteiger charge is -2.41. The van der Waals surface area contributed by atoms with Gasteiger partial charge in [-0.05, 0) is 42.9 Å². The summed E-state index contributed by atoms with van der Waals surface area (Å²) in [6.45, 7) is 17.7. The topological polar surface area (TPSA) is 127 Å². The normalized spacial score (nSPS) is 48.7. The maximum Gasteiger partial charge on any atom is 0.303 e. The SMILES string of the molecule is C=CC1C2CC3[N-]C(CC4[N-]C(CC5NC(CC(N2)C1C)C(C=C)C5C)C(C)C4CCC(=O)O)C(CCC(=O)O)C3C. The van der Waals surface area contributed by atoms with Gasteiger partial charge in [0.25, 0.3) is 0 Å². The Balaban J connectivity index is 1.47. The summed E-state index contributed by atoms with van der Waals surface area (Å²) >= 11 is 0. The Labute approximate surface area is 252 Å². The highest BCUT2D eigenvalue weighted by molar-refractivity contribution is 5.67. The Morgan fingerprint density at radius 1 is 0.643 bits per heavy atom. The van der Waals surface area contributed by atoms with E-state index in [1.165, 1.54) is 0 Å². The average molecular weight is 583 g/mol. The van der Waals surface area contributed by atoms with Crippen molar-refractivity contribution in [1.82, 2.24) is 10.6 Å². The average Bonchev–Trinajstić information content (AvgIpc) is 3.59. The van der Waals surface area contributed by atoms with Gasteiger partial charge in [0.15, 0.2) is 0 Å². The Bertz CT molecular complexity index is 1010. The minimum atomic E-state index is -0.753. The summed E-state index contributed by atoms with van der Waals surface area (Å²) < 4.78 is 0. The monoisotopic (exact) mass is 582 g/mol. The van der Waals surface area contributed by atoms with Crippen LogP contribution in [0.3, 0.4) is 0 Å². The van der Waals surface area contributed by atoms with E-state index >= 15 is 0 Å². The molecule has 16 atom stereocenters. The summed E-state index contributed by atoms with van der Waals surface area (Å²) in [5, 5.41) is 38.1. The highest BCUT2D eigenvalue weighted by Crippen LogP contribution is 2.51. The third-order valence-electron chi connectivity index (χ3n) is 12.5. The second-order valence-electron chi connectivity index (χ2n) is 14.5. The number of carboxylic acids is 2. The highest BCUT2D eigenvalue weighted by atomic mass is 16.4. The molecule has 5 fully saturated rings. The van der Waals surface area contributed by atoms with E-state index in [-0.39, 0.29) is 48.8 Å². The van der Waals surface area contributed by atoms with Crippen LogP contribution in [0.4, 0.5) is 0 Å². The first-order valence-electron chi connectivity index (χ1n) is 16.6. The van der Waals surface area contributed by atoms with Crippen molar-refractivity contribution in [3.05, 3.63) is 35.9 Å². The van der Waals surface area contributed by atoms with Crippen LogP contribution in [0.5, 0.6) is 0 Å². The Kier molecular flexibility index (Phi) is 9.87. The van der Waals surface area contributed by atoms with Crippen molar-refractivity contribution in [3.63, 3.8) is 0 Å². The predicted octanol–water partition coefficient (Wildman–Crippen LogP) is 5.60. The van der Waals surface area contributed by atoms with E-state index in [1.807, 2.05) is 0 Å². The highest BCUT2D eigenvalue weighted by Gasteiger charge is 2.46. The molecule has 0 aromatic heterocycles. The van der Waals surface area contributed by atoms with Crippen molar-refractivity contribution in [3.8, 4) is 0 Å². The summed E-state index contributed by atoms with van der Waals surface area (Å²) in [4.78, 5) is 23.2. The maximum atomic E-state index is 11.6. The molecule has 0 aliphatic carbocycles. The van der Waals surface area contributed by atoms with E-state index in [0.29, 0.717) is 72.5 Å². The maximum absolute atomic E-state index is 11.6. The van der Waals surface area contributed by atoms with Crippen LogP contribution < -0.4 is 10.6 Å². The summed E-state index contributed by atoms with van der Waals surface area (Å²) in [5.41, 5.74) is 0. The number of nitrogens with one attached hydrogen (secondary N) is 2. The summed E-state index contributed by atoms with van der Waals surface area (Å²) in [7, 11) is 0. The second kappa shape index (κ2) is 13.1. The van der Waals surface area contributed by atoms with Crippen LogP contribution in [0, 0.1) is 47.3 Å². The van der Waals surface area contributed by atoms with E-state index in [4.69, 9.17) is 10.6 Å². The summed E-state index contributed by atoms with van der Waals surface area (Å²) in [5.74, 6) is 1.20. The zero-order valence-electron chi connectivity index (χ0n) is 26.1. The lowest BCUT2D eigenvalue weighted by atomic mass is 9.77. The standard InChI is InChI=1S/C34H54N4O4/c1-7-21-17(3)25-13-26-19(5)23(9-11-33(39)40)31(37-26)16-32-24(10-12-34(41)42)20(6)28(38-32)15-30-22(8-2)18(4)27(36-30)14-29(21)35-25/h7-8,17-32,35-36H,1-2,9-16H2,3-6H3,(H,39,40)(H,41,42)/q-2. The van der Waals surface area contributed by atoms with Crippen LogP contribution in [-0.4, -0.2) is 70.5 Å². The minimum Gasteiger partial charge on any atom is -0.656 e. The van der Waals surface area contributed by atoms with Gasteiger partial charge in [0.05, 0.1) is 0 Å². The third kappa shape index (κ3) is 6.24. The van der Waals surface area contributed by atoms with E-state index < -0.39 is 11.9 Å². The number of nitrogens with zero attached hydrogens (tertiary/aromatic N) is 2. The first-order chi connectivity index (χ1) is 20.0. The van der Waals surface area contributed by atoms with E-state index in [9.17, 15) is 19.8 Å². The molecule has 8 nitrogen and oxygen atoms in total. The predicted molar refractivity (Wildman–Crippen MR) is 167 cm³/mol. The van der Waals surface area contributed by atoms with Crippen LogP contribution in [0.2, 0.25) is 0 Å². The van der Waals surface area contributed by atoms with Crippen molar-refractivity contribution < 1.29 is 19.8 Å². The van der Waals surface area contributed by atoms with E-state index in [1.54, 1.807) is 0 Å². The molecule has 0 aromatic carbocycles. The van der Waals surface area contributed by atoms with Crippen molar-refractivity contribution in [2.45, 2.75) is 127 Å². The van der Waals surface area contributed by atoms with Crippen LogP contribution in [0.15, 0.2) is 25.3 Å². The zero-order valence-corrected chi connectivity index (χ0v) is 26.1. The molecular weight excluding hydrogens is 528 g/mol. The smallest absolute Gasteiger partial charge is 0.303 e. The molecule has 4 N–H and O–H groups in total. The molecule has 0 spiro atoms. The molecule has 0 radical (unpaired) electrons. The van der Waals surface area contributed by atoms with Crippen molar-refractivity contribution in [2.24, 2.45) is 47.3 Å². The Hall–Kier alpha value is -1.74. The lowest BCUT2D eigenvalue weighted by Crippen LogP contribution is -2.41. The lowest BCUT2D eigenvalue weighted by molar-refractivity contribution is -0.138. The molecular formula is C34H54N4O4-2. The molecule has 0 saturated carbocycles. The molecule has 5 rings (SSSR count). The molecule has 5 aliphatic heterocycles. The van der Waals surface area contributed by atoms with Crippen molar-refractivity contribution >= 4 is 11.9 Å². The van der Waals surface area contributed by atoms with Gasteiger partial charge >= 0.3 is 11.9 Å². The van der Waals surface area contributed by atoms with Crippen molar-refractivity contribution in [1.29, 1.82) is 0 Å². The third-order valence-corrected chi connectivity index (χ3v) is 12.5. The molecule has 8 heteroatoms. The van der Waals surface area contributed by atoms with Gasteiger partial charge in [-0.2, -0.15) is 0 Å². The molecule has 16 unspecified atom stereocenters. The number of aliphatic carboxylic acids is 2. The van der Waals surface area contributed by atoms with E-state index in [0.717, 1.165) is 25.7 Å². The Morgan fingerprint density at radius 2 is 1.05 bits per heavy atom. The molecule has 0 aromatic rings. The van der Waals surface area contributed by atoms with Gasteiger partial charge in [-0.25, -0.2) is 0 Å². The Morgan fingerprint density at radius 3 is 1.48 bits per heavy atom. The fourth-order valence-electron chi connectivity index (χ4n) is 9.93. The quantitative estimate of drug-likeness (QED) is 0.276. The summed E-state index contributed by atoms with van der Waals surface area (Å²) in [6, 6.07) is 1.83. The first-order valence-corrected chi connectivity index (χ1v) is 16.6.